The Labute approximate surface area is 83.9 Å². The average molecular weight is 189 g/mol. The van der Waals surface area contributed by atoms with E-state index in [4.69, 9.17) is 4.74 Å². The molecular formula is C12H15NO. The van der Waals surface area contributed by atoms with Gasteiger partial charge in [0.15, 0.2) is 0 Å². The molecule has 0 spiro atoms. The number of H-pyrrole nitrogens is 1. The minimum Gasteiger partial charge on any atom is -0.491 e. The lowest BCUT2D eigenvalue weighted by Gasteiger charge is -2.02. The normalized spacial score (nSPS) is 10.6. The lowest BCUT2D eigenvalue weighted by atomic mass is 10.2. The van der Waals surface area contributed by atoms with E-state index in [2.05, 4.69) is 24.0 Å². The minimum atomic E-state index is 0.804. The Kier molecular flexibility index (Phi) is 2.73. The van der Waals surface area contributed by atoms with E-state index in [1.807, 2.05) is 18.3 Å². The van der Waals surface area contributed by atoms with Crippen LogP contribution in [0.4, 0.5) is 0 Å². The van der Waals surface area contributed by atoms with E-state index in [9.17, 15) is 0 Å². The van der Waals surface area contributed by atoms with Crippen molar-refractivity contribution >= 4 is 10.9 Å². The van der Waals surface area contributed by atoms with Crippen LogP contribution in [-0.2, 0) is 0 Å². The van der Waals surface area contributed by atoms with Crippen LogP contribution in [0, 0.1) is 0 Å². The maximum Gasteiger partial charge on any atom is 0.144 e. The van der Waals surface area contributed by atoms with Gasteiger partial charge in [0.25, 0.3) is 0 Å². The van der Waals surface area contributed by atoms with Crippen molar-refractivity contribution in [1.29, 1.82) is 0 Å². The van der Waals surface area contributed by atoms with Crippen molar-refractivity contribution in [1.82, 2.24) is 4.98 Å². The van der Waals surface area contributed by atoms with Gasteiger partial charge in [-0.15, -0.1) is 0 Å². The van der Waals surface area contributed by atoms with Crippen molar-refractivity contribution in [2.75, 3.05) is 6.61 Å². The topological polar surface area (TPSA) is 25.0 Å². The summed E-state index contributed by atoms with van der Waals surface area (Å²) in [5, 5.41) is 1.17. The van der Waals surface area contributed by atoms with Crippen LogP contribution < -0.4 is 4.74 Å². The summed E-state index contributed by atoms with van der Waals surface area (Å²) < 4.78 is 5.67. The standard InChI is InChI=1S/C12H15NO/c1-2-3-8-14-12-9-13-11-7-5-4-6-10(11)12/h4-7,9,13H,2-3,8H2,1H3. The second kappa shape index (κ2) is 4.18. The smallest absolute Gasteiger partial charge is 0.144 e. The van der Waals surface area contributed by atoms with E-state index < -0.39 is 0 Å². The number of aromatic nitrogens is 1. The van der Waals surface area contributed by atoms with Crippen LogP contribution in [0.15, 0.2) is 30.5 Å². The predicted molar refractivity (Wildman–Crippen MR) is 58.7 cm³/mol. The monoisotopic (exact) mass is 189 g/mol. The van der Waals surface area contributed by atoms with Crippen LogP contribution in [0.3, 0.4) is 0 Å². The zero-order valence-corrected chi connectivity index (χ0v) is 8.42. The molecule has 0 atom stereocenters. The van der Waals surface area contributed by atoms with E-state index >= 15 is 0 Å². The molecule has 0 radical (unpaired) electrons. The maximum atomic E-state index is 5.67. The highest BCUT2D eigenvalue weighted by Crippen LogP contribution is 2.24. The zero-order chi connectivity index (χ0) is 9.80. The second-order valence-electron chi connectivity index (χ2n) is 3.40. The molecule has 1 heterocycles. The highest BCUT2D eigenvalue weighted by atomic mass is 16.5. The number of hydrogen-bond acceptors (Lipinski definition) is 1. The average Bonchev–Trinajstić information content (AvgIpc) is 2.63. The van der Waals surface area contributed by atoms with E-state index in [1.165, 1.54) is 11.8 Å². The molecule has 0 amide bonds. The number of nitrogens with one attached hydrogen (secondary N) is 1. The van der Waals surface area contributed by atoms with E-state index in [1.54, 1.807) is 0 Å². The zero-order valence-electron chi connectivity index (χ0n) is 8.42. The lowest BCUT2D eigenvalue weighted by Crippen LogP contribution is -1.95. The number of hydrogen-bond donors (Lipinski definition) is 1. The summed E-state index contributed by atoms with van der Waals surface area (Å²) in [7, 11) is 0. The van der Waals surface area contributed by atoms with Gasteiger partial charge in [-0.2, -0.15) is 0 Å². The fourth-order valence-corrected chi connectivity index (χ4v) is 1.49. The third-order valence-corrected chi connectivity index (χ3v) is 2.31. The third kappa shape index (κ3) is 1.74. The molecule has 0 bridgehead atoms. The second-order valence-corrected chi connectivity index (χ2v) is 3.40. The molecule has 0 aliphatic rings. The van der Waals surface area contributed by atoms with Gasteiger partial charge in [0.2, 0.25) is 0 Å². The Balaban J connectivity index is 2.17. The summed E-state index contributed by atoms with van der Waals surface area (Å²) in [6.07, 6.45) is 4.21. The molecule has 2 nitrogen and oxygen atoms in total. The number of para-hydroxylation sites is 1. The number of ether oxygens (including phenoxy) is 1. The Morgan fingerprint density at radius 2 is 2.14 bits per heavy atom. The van der Waals surface area contributed by atoms with Gasteiger partial charge in [0.05, 0.1) is 6.61 Å². The first-order valence-electron chi connectivity index (χ1n) is 5.10. The van der Waals surface area contributed by atoms with Crippen molar-refractivity contribution in [2.24, 2.45) is 0 Å². The van der Waals surface area contributed by atoms with Gasteiger partial charge in [-0.1, -0.05) is 25.5 Å². The highest BCUT2D eigenvalue weighted by Gasteiger charge is 2.02. The molecule has 0 unspecified atom stereocenters. The Morgan fingerprint density at radius 3 is 3.00 bits per heavy atom. The van der Waals surface area contributed by atoms with Gasteiger partial charge in [-0.3, -0.25) is 0 Å². The van der Waals surface area contributed by atoms with Crippen LogP contribution in [0.1, 0.15) is 19.8 Å². The van der Waals surface area contributed by atoms with Crippen molar-refractivity contribution in [2.45, 2.75) is 19.8 Å². The van der Waals surface area contributed by atoms with Crippen LogP contribution in [0.5, 0.6) is 5.75 Å². The van der Waals surface area contributed by atoms with Crippen LogP contribution >= 0.6 is 0 Å². The summed E-state index contributed by atoms with van der Waals surface area (Å²) in [4.78, 5) is 3.19. The molecule has 0 aliphatic carbocycles. The van der Waals surface area contributed by atoms with Gasteiger partial charge < -0.3 is 9.72 Å². The fraction of sp³-hybridized carbons (Fsp3) is 0.333. The number of aromatic amines is 1. The van der Waals surface area contributed by atoms with Crippen LogP contribution in [0.25, 0.3) is 10.9 Å². The van der Waals surface area contributed by atoms with E-state index in [0.717, 1.165) is 24.3 Å². The molecule has 1 aromatic heterocycles. The minimum absolute atomic E-state index is 0.804. The van der Waals surface area contributed by atoms with Crippen molar-refractivity contribution in [3.63, 3.8) is 0 Å². The molecule has 0 fully saturated rings. The van der Waals surface area contributed by atoms with Crippen molar-refractivity contribution in [3.8, 4) is 5.75 Å². The number of benzene rings is 1. The molecular weight excluding hydrogens is 174 g/mol. The van der Waals surface area contributed by atoms with Crippen LogP contribution in [-0.4, -0.2) is 11.6 Å². The summed E-state index contributed by atoms with van der Waals surface area (Å²) in [5.74, 6) is 0.967. The summed E-state index contributed by atoms with van der Waals surface area (Å²) in [5.41, 5.74) is 1.14. The Morgan fingerprint density at radius 1 is 1.29 bits per heavy atom. The molecule has 2 rings (SSSR count). The van der Waals surface area contributed by atoms with Crippen LogP contribution in [0.2, 0.25) is 0 Å². The van der Waals surface area contributed by atoms with Crippen molar-refractivity contribution in [3.05, 3.63) is 30.5 Å². The van der Waals surface area contributed by atoms with Crippen molar-refractivity contribution < 1.29 is 4.74 Å². The first-order valence-corrected chi connectivity index (χ1v) is 5.10. The molecule has 74 valence electrons. The van der Waals surface area contributed by atoms with Gasteiger partial charge in [0, 0.05) is 17.1 Å². The third-order valence-electron chi connectivity index (χ3n) is 2.31. The molecule has 2 aromatic rings. The van der Waals surface area contributed by atoms with Gasteiger partial charge in [-0.25, -0.2) is 0 Å². The van der Waals surface area contributed by atoms with E-state index in [-0.39, 0.29) is 0 Å². The molecule has 14 heavy (non-hydrogen) atoms. The number of fused-ring (bicyclic) bond motifs is 1. The summed E-state index contributed by atoms with van der Waals surface area (Å²) in [6.45, 7) is 2.97. The van der Waals surface area contributed by atoms with E-state index in [0.29, 0.717) is 0 Å². The molecule has 0 saturated heterocycles. The Bertz CT molecular complexity index is 405. The first kappa shape index (κ1) is 9.13. The number of unbranched alkanes of at least 4 members (excludes halogenated alkanes) is 1. The molecule has 1 N–H and O–H groups in total. The Hall–Kier alpha value is -1.44. The molecule has 1 aromatic carbocycles. The quantitative estimate of drug-likeness (QED) is 0.733. The first-order chi connectivity index (χ1) is 6.92. The van der Waals surface area contributed by atoms with Gasteiger partial charge >= 0.3 is 0 Å². The predicted octanol–water partition coefficient (Wildman–Crippen LogP) is 3.35. The molecule has 0 saturated carbocycles. The lowest BCUT2D eigenvalue weighted by molar-refractivity contribution is 0.313. The largest absolute Gasteiger partial charge is 0.491 e. The highest BCUT2D eigenvalue weighted by molar-refractivity contribution is 5.85. The SMILES string of the molecule is CCCCOc1c[nH]c2ccccc12. The molecule has 0 aliphatic heterocycles. The summed E-state index contributed by atoms with van der Waals surface area (Å²) in [6, 6.07) is 8.19. The van der Waals surface area contributed by atoms with Gasteiger partial charge in [0.1, 0.15) is 5.75 Å². The fourth-order valence-electron chi connectivity index (χ4n) is 1.49. The molecule has 2 heteroatoms. The maximum absolute atomic E-state index is 5.67. The summed E-state index contributed by atoms with van der Waals surface area (Å²) >= 11 is 0. The number of rotatable bonds is 4. The van der Waals surface area contributed by atoms with Gasteiger partial charge in [-0.05, 0) is 18.6 Å².